The fourth-order valence-corrected chi connectivity index (χ4v) is 6.81. The fourth-order valence-electron chi connectivity index (χ4n) is 5.66. The zero-order valence-electron chi connectivity index (χ0n) is 26.9. The molecule has 4 nitrogen and oxygen atoms in total. The lowest BCUT2D eigenvalue weighted by atomic mass is 10.0. The summed E-state index contributed by atoms with van der Waals surface area (Å²) in [5, 5.41) is 6.12. The van der Waals surface area contributed by atoms with E-state index in [1.807, 2.05) is 72.8 Å². The normalized spacial score (nSPS) is 13.5. The number of rotatable bonds is 3. The molecule has 0 saturated heterocycles. The number of benzene rings is 6. The van der Waals surface area contributed by atoms with Crippen molar-refractivity contribution in [1.29, 1.82) is 0 Å². The molecule has 0 saturated carbocycles. The number of hydrogen-bond acceptors (Lipinski definition) is 5. The summed E-state index contributed by atoms with van der Waals surface area (Å²) in [5.41, 5.74) is 2.69. The molecule has 0 bridgehead atoms. The van der Waals surface area contributed by atoms with Crippen LogP contribution < -0.4 is 0 Å². The van der Waals surface area contributed by atoms with E-state index in [2.05, 4.69) is 24.3 Å². The number of hydrogen-bond donors (Lipinski definition) is 0. The van der Waals surface area contributed by atoms with Gasteiger partial charge in [0.25, 0.3) is 0 Å². The van der Waals surface area contributed by atoms with Gasteiger partial charge < -0.3 is 4.42 Å². The predicted molar refractivity (Wildman–Crippen MR) is 174 cm³/mol. The van der Waals surface area contributed by atoms with E-state index < -0.39 is 18.1 Å². The zero-order valence-corrected chi connectivity index (χ0v) is 22.7. The maximum absolute atomic E-state index is 8.70. The third-order valence-corrected chi connectivity index (χ3v) is 8.73. The second-order valence-electron chi connectivity index (χ2n) is 10.1. The topological polar surface area (TPSA) is 51.8 Å². The SMILES string of the molecule is [2H]c1c([2H])c([2H])c(-c2nc(-c3ccc4c(c3)sc3ccccc34)nc(-c3cccc4oc5cc6ccccc6cc5c34)n2)c([2H])c1[2H]. The lowest BCUT2D eigenvalue weighted by Gasteiger charge is -2.09. The van der Waals surface area contributed by atoms with E-state index in [4.69, 9.17) is 26.2 Å². The molecule has 0 aliphatic heterocycles. The summed E-state index contributed by atoms with van der Waals surface area (Å²) in [6.07, 6.45) is 0. The first-order chi connectivity index (χ1) is 22.9. The summed E-state index contributed by atoms with van der Waals surface area (Å²) < 4.78 is 50.7. The van der Waals surface area contributed by atoms with Crippen molar-refractivity contribution >= 4 is 64.2 Å². The van der Waals surface area contributed by atoms with Crippen molar-refractivity contribution in [3.05, 3.63) is 127 Å². The van der Waals surface area contributed by atoms with Gasteiger partial charge in [0.05, 0.1) is 6.85 Å². The van der Waals surface area contributed by atoms with Crippen LogP contribution in [0, 0.1) is 0 Å². The molecule has 3 heterocycles. The van der Waals surface area contributed by atoms with Crippen LogP contribution in [0.25, 0.3) is 87.0 Å². The third kappa shape index (κ3) is 3.64. The molecule has 0 amide bonds. The van der Waals surface area contributed by atoms with Crippen LogP contribution >= 0.6 is 11.3 Å². The largest absolute Gasteiger partial charge is 0.456 e. The molecule has 6 aromatic carbocycles. The molecule has 0 spiro atoms. The molecule has 0 aliphatic rings. The maximum atomic E-state index is 8.70. The van der Waals surface area contributed by atoms with Crippen LogP contribution in [-0.2, 0) is 0 Å². The maximum Gasteiger partial charge on any atom is 0.164 e. The molecular formula is C37H21N3OS. The highest BCUT2D eigenvalue weighted by Gasteiger charge is 2.18. The van der Waals surface area contributed by atoms with Crippen LogP contribution in [0.2, 0.25) is 0 Å². The first kappa shape index (κ1) is 18.9. The Kier molecular flexibility index (Phi) is 4.07. The van der Waals surface area contributed by atoms with Gasteiger partial charge in [0.15, 0.2) is 17.5 Å². The molecule has 0 aliphatic carbocycles. The van der Waals surface area contributed by atoms with Gasteiger partial charge >= 0.3 is 0 Å². The van der Waals surface area contributed by atoms with Gasteiger partial charge in [0, 0.05) is 47.6 Å². The van der Waals surface area contributed by atoms with E-state index in [1.54, 1.807) is 11.3 Å². The van der Waals surface area contributed by atoms with E-state index in [0.29, 0.717) is 22.8 Å². The van der Waals surface area contributed by atoms with Crippen LogP contribution in [0.15, 0.2) is 132 Å². The Morgan fingerprint density at radius 1 is 0.548 bits per heavy atom. The van der Waals surface area contributed by atoms with Crippen LogP contribution in [0.4, 0.5) is 0 Å². The molecule has 0 unspecified atom stereocenters. The molecule has 42 heavy (non-hydrogen) atoms. The Morgan fingerprint density at radius 3 is 2.17 bits per heavy atom. The molecule has 196 valence electrons. The number of nitrogens with zero attached hydrogens (tertiary/aromatic N) is 3. The highest BCUT2D eigenvalue weighted by molar-refractivity contribution is 7.25. The molecule has 0 radical (unpaired) electrons. The lowest BCUT2D eigenvalue weighted by molar-refractivity contribution is 0.669. The Balaban J connectivity index is 1.34. The monoisotopic (exact) mass is 560 g/mol. The van der Waals surface area contributed by atoms with Crippen molar-refractivity contribution in [3.8, 4) is 34.2 Å². The van der Waals surface area contributed by atoms with Crippen LogP contribution in [0.5, 0.6) is 0 Å². The highest BCUT2D eigenvalue weighted by atomic mass is 32.1. The van der Waals surface area contributed by atoms with Crippen molar-refractivity contribution in [1.82, 2.24) is 15.0 Å². The quantitative estimate of drug-likeness (QED) is 0.216. The summed E-state index contributed by atoms with van der Waals surface area (Å²) in [5.74, 6) is 0.620. The van der Waals surface area contributed by atoms with Crippen molar-refractivity contribution in [2.45, 2.75) is 0 Å². The van der Waals surface area contributed by atoms with Gasteiger partial charge in [0.1, 0.15) is 11.2 Å². The van der Waals surface area contributed by atoms with Crippen LogP contribution in [-0.4, -0.2) is 15.0 Å². The zero-order chi connectivity index (χ0) is 32.0. The van der Waals surface area contributed by atoms with Crippen molar-refractivity contribution in [2.24, 2.45) is 0 Å². The van der Waals surface area contributed by atoms with Gasteiger partial charge in [-0.15, -0.1) is 11.3 Å². The summed E-state index contributed by atoms with van der Waals surface area (Å²) in [7, 11) is 0. The Hall–Kier alpha value is -5.39. The summed E-state index contributed by atoms with van der Waals surface area (Å²) >= 11 is 1.67. The molecule has 5 heteroatoms. The van der Waals surface area contributed by atoms with E-state index in [1.165, 1.54) is 10.1 Å². The van der Waals surface area contributed by atoms with Gasteiger partial charge in [-0.1, -0.05) is 96.9 Å². The van der Waals surface area contributed by atoms with Gasteiger partial charge in [-0.05, 0) is 41.1 Å². The Morgan fingerprint density at radius 2 is 1.29 bits per heavy atom. The molecule has 9 rings (SSSR count). The molecular weight excluding hydrogens is 534 g/mol. The van der Waals surface area contributed by atoms with Crippen molar-refractivity contribution in [2.75, 3.05) is 0 Å². The first-order valence-electron chi connectivity index (χ1n) is 15.9. The van der Waals surface area contributed by atoms with E-state index in [-0.39, 0.29) is 23.5 Å². The third-order valence-electron chi connectivity index (χ3n) is 7.60. The molecule has 0 atom stereocenters. The number of aromatic nitrogens is 3. The number of fused-ring (bicyclic) bond motifs is 7. The van der Waals surface area contributed by atoms with E-state index >= 15 is 0 Å². The smallest absolute Gasteiger partial charge is 0.164 e. The minimum atomic E-state index is -0.477. The molecule has 0 N–H and O–H groups in total. The van der Waals surface area contributed by atoms with Gasteiger partial charge in [0.2, 0.25) is 0 Å². The fraction of sp³-hybridized carbons (Fsp3) is 0. The van der Waals surface area contributed by atoms with Crippen molar-refractivity contribution in [3.63, 3.8) is 0 Å². The van der Waals surface area contributed by atoms with Gasteiger partial charge in [-0.2, -0.15) is 0 Å². The molecule has 0 fully saturated rings. The first-order valence-corrected chi connectivity index (χ1v) is 14.3. The number of furan rings is 1. The van der Waals surface area contributed by atoms with E-state index in [0.717, 1.165) is 42.8 Å². The summed E-state index contributed by atoms with van der Waals surface area (Å²) in [6.45, 7) is 0. The average molecular weight is 561 g/mol. The van der Waals surface area contributed by atoms with Crippen molar-refractivity contribution < 1.29 is 11.3 Å². The standard InChI is InChI=1S/C37H21N3OS/c1-2-9-22(10-3-1)35-38-36(25-17-18-27-26-13-6-7-16-32(26)42-33(27)21-25)40-37(39-35)28-14-8-15-30-34(28)29-19-23-11-4-5-12-24(23)20-31(29)41-30/h1-21H/i1D,2D,3D,9D,10D. The van der Waals surface area contributed by atoms with Gasteiger partial charge in [-0.3, -0.25) is 0 Å². The van der Waals surface area contributed by atoms with Gasteiger partial charge in [-0.25, -0.2) is 15.0 Å². The minimum absolute atomic E-state index is 0.00584. The average Bonchev–Trinajstić information content (AvgIpc) is 3.66. The Bertz CT molecular complexity index is 2740. The predicted octanol–water partition coefficient (Wildman–Crippen LogP) is 10.3. The molecule has 9 aromatic rings. The summed E-state index contributed by atoms with van der Waals surface area (Å²) in [6, 6.07) is 30.0. The highest BCUT2D eigenvalue weighted by Crippen LogP contribution is 2.39. The second kappa shape index (κ2) is 9.06. The lowest BCUT2D eigenvalue weighted by Crippen LogP contribution is -2.00. The minimum Gasteiger partial charge on any atom is -0.456 e. The summed E-state index contributed by atoms with van der Waals surface area (Å²) in [4.78, 5) is 14.5. The number of thiophene rings is 1. The second-order valence-corrected chi connectivity index (χ2v) is 11.2. The van der Waals surface area contributed by atoms with E-state index in [9.17, 15) is 0 Å². The molecule has 3 aromatic heterocycles. The van der Waals surface area contributed by atoms with Crippen LogP contribution in [0.1, 0.15) is 6.85 Å². The van der Waals surface area contributed by atoms with Crippen LogP contribution in [0.3, 0.4) is 0 Å². The Labute approximate surface area is 251 Å².